The molecular weight excluding hydrogens is 236 g/mol. The molecule has 2 rings (SSSR count). The lowest BCUT2D eigenvalue weighted by atomic mass is 10.0. The summed E-state index contributed by atoms with van der Waals surface area (Å²) in [5, 5.41) is 6.27. The third kappa shape index (κ3) is 4.67. The molecule has 1 aliphatic heterocycles. The van der Waals surface area contributed by atoms with Crippen molar-refractivity contribution in [2.45, 2.75) is 33.1 Å². The van der Waals surface area contributed by atoms with E-state index in [4.69, 9.17) is 0 Å². The molecule has 1 heterocycles. The van der Waals surface area contributed by atoms with Crippen LogP contribution < -0.4 is 10.6 Å². The third-order valence-electron chi connectivity index (χ3n) is 3.52. The topological polar surface area (TPSA) is 41.1 Å². The summed E-state index contributed by atoms with van der Waals surface area (Å²) in [6.45, 7) is 6.44. The van der Waals surface area contributed by atoms with Gasteiger partial charge in [-0.2, -0.15) is 0 Å². The molecule has 3 heteroatoms. The second-order valence-corrected chi connectivity index (χ2v) is 5.91. The molecule has 0 radical (unpaired) electrons. The van der Waals surface area contributed by atoms with Gasteiger partial charge in [0.1, 0.15) is 0 Å². The highest BCUT2D eigenvalue weighted by atomic mass is 16.1. The molecule has 0 spiro atoms. The minimum Gasteiger partial charge on any atom is -0.326 e. The number of carbonyl (C=O) groups excluding carboxylic acids is 1. The van der Waals surface area contributed by atoms with E-state index in [0.717, 1.165) is 31.6 Å². The molecule has 0 aliphatic carbocycles. The van der Waals surface area contributed by atoms with Crippen LogP contribution in [0.25, 0.3) is 0 Å². The average molecular weight is 260 g/mol. The van der Waals surface area contributed by atoms with Gasteiger partial charge in [-0.05, 0) is 55.5 Å². The number of hydrogen-bond acceptors (Lipinski definition) is 2. The monoisotopic (exact) mass is 260 g/mol. The van der Waals surface area contributed by atoms with Gasteiger partial charge in [0.15, 0.2) is 0 Å². The van der Waals surface area contributed by atoms with E-state index in [0.29, 0.717) is 18.3 Å². The van der Waals surface area contributed by atoms with Crippen molar-refractivity contribution >= 4 is 11.6 Å². The lowest BCUT2D eigenvalue weighted by molar-refractivity contribution is -0.116. The maximum absolute atomic E-state index is 11.9. The molecular formula is C16H24N2O. The van der Waals surface area contributed by atoms with Crippen molar-refractivity contribution in [2.75, 3.05) is 18.4 Å². The Bertz CT molecular complexity index is 405. The molecule has 1 fully saturated rings. The quantitative estimate of drug-likeness (QED) is 0.854. The fourth-order valence-corrected chi connectivity index (χ4v) is 2.56. The smallest absolute Gasteiger partial charge is 0.224 e. The first-order valence-electron chi connectivity index (χ1n) is 7.23. The van der Waals surface area contributed by atoms with Crippen LogP contribution in [0.5, 0.6) is 0 Å². The molecule has 1 aromatic carbocycles. The van der Waals surface area contributed by atoms with Crippen molar-refractivity contribution < 1.29 is 4.79 Å². The molecule has 1 atom stereocenters. The molecule has 1 saturated heterocycles. The summed E-state index contributed by atoms with van der Waals surface area (Å²) in [5.74, 6) is 1.29. The highest BCUT2D eigenvalue weighted by molar-refractivity contribution is 5.90. The second-order valence-electron chi connectivity index (χ2n) is 5.91. The highest BCUT2D eigenvalue weighted by Gasteiger charge is 2.17. The second kappa shape index (κ2) is 6.71. The molecule has 1 aliphatic rings. The summed E-state index contributed by atoms with van der Waals surface area (Å²) >= 11 is 0. The zero-order valence-corrected chi connectivity index (χ0v) is 11.9. The molecule has 2 N–H and O–H groups in total. The Labute approximate surface area is 115 Å². The first kappa shape index (κ1) is 14.1. The molecule has 1 unspecified atom stereocenters. The van der Waals surface area contributed by atoms with Gasteiger partial charge in [-0.1, -0.05) is 26.0 Å². The number of carbonyl (C=O) groups is 1. The Morgan fingerprint density at radius 2 is 2.11 bits per heavy atom. The van der Waals surface area contributed by atoms with Crippen molar-refractivity contribution in [1.29, 1.82) is 0 Å². The normalized spacial score (nSPS) is 18.8. The molecule has 0 bridgehead atoms. The molecule has 104 valence electrons. The van der Waals surface area contributed by atoms with Gasteiger partial charge >= 0.3 is 0 Å². The van der Waals surface area contributed by atoms with Crippen LogP contribution in [0.15, 0.2) is 24.3 Å². The molecule has 1 aromatic rings. The van der Waals surface area contributed by atoms with Crippen LogP contribution in [-0.4, -0.2) is 19.0 Å². The Kier molecular flexibility index (Phi) is 4.97. The van der Waals surface area contributed by atoms with Gasteiger partial charge in [0.05, 0.1) is 0 Å². The summed E-state index contributed by atoms with van der Waals surface area (Å²) in [5.41, 5.74) is 2.23. The molecule has 3 nitrogen and oxygen atoms in total. The molecule has 1 amide bonds. The van der Waals surface area contributed by atoms with Gasteiger partial charge in [-0.15, -0.1) is 0 Å². The number of anilines is 1. The summed E-state index contributed by atoms with van der Waals surface area (Å²) in [6, 6.07) is 8.21. The fourth-order valence-electron chi connectivity index (χ4n) is 2.56. The van der Waals surface area contributed by atoms with Gasteiger partial charge in [0.2, 0.25) is 5.91 Å². The lowest BCUT2D eigenvalue weighted by Gasteiger charge is -2.10. The fraction of sp³-hybridized carbons (Fsp3) is 0.562. The number of benzene rings is 1. The number of rotatable bonds is 5. The van der Waals surface area contributed by atoms with Crippen LogP contribution in [0.1, 0.15) is 32.3 Å². The highest BCUT2D eigenvalue weighted by Crippen LogP contribution is 2.16. The third-order valence-corrected chi connectivity index (χ3v) is 3.52. The van der Waals surface area contributed by atoms with Crippen molar-refractivity contribution in [1.82, 2.24) is 5.32 Å². The van der Waals surface area contributed by atoms with Gasteiger partial charge in [0, 0.05) is 12.1 Å². The number of hydrogen-bond donors (Lipinski definition) is 2. The largest absolute Gasteiger partial charge is 0.326 e. The number of nitrogens with one attached hydrogen (secondary N) is 2. The minimum absolute atomic E-state index is 0.130. The Balaban J connectivity index is 1.82. The minimum atomic E-state index is 0.130. The van der Waals surface area contributed by atoms with E-state index in [1.54, 1.807) is 0 Å². The molecule has 19 heavy (non-hydrogen) atoms. The SMILES string of the molecule is CC(C)Cc1ccc(NC(=O)CC2CCNC2)cc1. The number of amides is 1. The maximum Gasteiger partial charge on any atom is 0.224 e. The lowest BCUT2D eigenvalue weighted by Crippen LogP contribution is -2.18. The van der Waals surface area contributed by atoms with E-state index in [1.165, 1.54) is 5.56 Å². The van der Waals surface area contributed by atoms with Gasteiger partial charge in [-0.25, -0.2) is 0 Å². The van der Waals surface area contributed by atoms with E-state index >= 15 is 0 Å². The summed E-state index contributed by atoms with van der Waals surface area (Å²) in [7, 11) is 0. The molecule has 0 aromatic heterocycles. The van der Waals surface area contributed by atoms with Crippen molar-refractivity contribution in [3.05, 3.63) is 29.8 Å². The molecule has 0 saturated carbocycles. The van der Waals surface area contributed by atoms with Crippen molar-refractivity contribution in [2.24, 2.45) is 11.8 Å². The van der Waals surface area contributed by atoms with Crippen LogP contribution in [0.3, 0.4) is 0 Å². The van der Waals surface area contributed by atoms with Crippen molar-refractivity contribution in [3.8, 4) is 0 Å². The van der Waals surface area contributed by atoms with Gasteiger partial charge < -0.3 is 10.6 Å². The summed E-state index contributed by atoms with van der Waals surface area (Å²) in [4.78, 5) is 11.9. The first-order valence-corrected chi connectivity index (χ1v) is 7.23. The maximum atomic E-state index is 11.9. The first-order chi connectivity index (χ1) is 9.13. The van der Waals surface area contributed by atoms with Crippen LogP contribution in [0, 0.1) is 11.8 Å². The van der Waals surface area contributed by atoms with E-state index in [2.05, 4.69) is 36.6 Å². The summed E-state index contributed by atoms with van der Waals surface area (Å²) < 4.78 is 0. The average Bonchev–Trinajstić information content (AvgIpc) is 2.83. The predicted molar refractivity (Wildman–Crippen MR) is 79.2 cm³/mol. The predicted octanol–water partition coefficient (Wildman–Crippen LogP) is 2.82. The Morgan fingerprint density at radius 3 is 2.68 bits per heavy atom. The van der Waals surface area contributed by atoms with E-state index < -0.39 is 0 Å². The Hall–Kier alpha value is -1.35. The zero-order chi connectivity index (χ0) is 13.7. The zero-order valence-electron chi connectivity index (χ0n) is 11.9. The summed E-state index contributed by atoms with van der Waals surface area (Å²) in [6.07, 6.45) is 2.82. The van der Waals surface area contributed by atoms with Gasteiger partial charge in [0.25, 0.3) is 0 Å². The van der Waals surface area contributed by atoms with Crippen LogP contribution in [0.4, 0.5) is 5.69 Å². The standard InChI is InChI=1S/C16H24N2O/c1-12(2)9-13-3-5-15(6-4-13)18-16(19)10-14-7-8-17-11-14/h3-6,12,14,17H,7-11H2,1-2H3,(H,18,19). The van der Waals surface area contributed by atoms with E-state index in [-0.39, 0.29) is 5.91 Å². The van der Waals surface area contributed by atoms with Crippen molar-refractivity contribution in [3.63, 3.8) is 0 Å². The van der Waals surface area contributed by atoms with E-state index in [1.807, 2.05) is 12.1 Å². The van der Waals surface area contributed by atoms with Crippen LogP contribution in [-0.2, 0) is 11.2 Å². The Morgan fingerprint density at radius 1 is 1.37 bits per heavy atom. The van der Waals surface area contributed by atoms with Crippen LogP contribution in [0.2, 0.25) is 0 Å². The van der Waals surface area contributed by atoms with Crippen LogP contribution >= 0.6 is 0 Å². The van der Waals surface area contributed by atoms with Gasteiger partial charge in [-0.3, -0.25) is 4.79 Å². The van der Waals surface area contributed by atoms with E-state index in [9.17, 15) is 4.79 Å².